The normalized spacial score (nSPS) is 20.2. The van der Waals surface area contributed by atoms with E-state index in [-0.39, 0.29) is 11.8 Å². The molecule has 1 aliphatic rings. The second-order valence-electron chi connectivity index (χ2n) is 5.43. The molecule has 1 aliphatic heterocycles. The number of carbonyl (C=O) groups excluding carboxylic acids is 1. The molecule has 0 spiro atoms. The third-order valence-corrected chi connectivity index (χ3v) is 3.95. The second kappa shape index (κ2) is 7.19. The van der Waals surface area contributed by atoms with E-state index in [2.05, 4.69) is 32.4 Å². The maximum absolute atomic E-state index is 11.3. The summed E-state index contributed by atoms with van der Waals surface area (Å²) in [5, 5.41) is 11.1. The monoisotopic (exact) mass is 313 g/mol. The Morgan fingerprint density at radius 1 is 1.26 bits per heavy atom. The van der Waals surface area contributed by atoms with Gasteiger partial charge in [-0.1, -0.05) is 30.3 Å². The Hall–Kier alpha value is -2.47. The molecule has 2 heterocycles. The van der Waals surface area contributed by atoms with Gasteiger partial charge in [-0.05, 0) is 24.1 Å². The zero-order valence-electron chi connectivity index (χ0n) is 12.9. The average Bonchev–Trinajstić information content (AvgIpc) is 3.09. The lowest BCUT2D eigenvalue weighted by atomic mass is 9.95. The zero-order chi connectivity index (χ0) is 16.1. The maximum Gasteiger partial charge on any atom is 0.358 e. The van der Waals surface area contributed by atoms with E-state index in [0.717, 1.165) is 19.6 Å². The van der Waals surface area contributed by atoms with E-state index in [0.29, 0.717) is 11.7 Å². The van der Waals surface area contributed by atoms with E-state index in [1.54, 1.807) is 12.1 Å². The highest BCUT2D eigenvalue weighted by molar-refractivity contribution is 5.86. The van der Waals surface area contributed by atoms with Gasteiger partial charge in [0.05, 0.1) is 13.2 Å². The van der Waals surface area contributed by atoms with Gasteiger partial charge in [0.1, 0.15) is 5.82 Å². The molecule has 1 saturated heterocycles. The van der Waals surface area contributed by atoms with Crippen molar-refractivity contribution in [3.8, 4) is 0 Å². The molecule has 6 heteroatoms. The van der Waals surface area contributed by atoms with E-state index in [4.69, 9.17) is 4.74 Å². The Morgan fingerprint density at radius 3 is 2.78 bits per heavy atom. The predicted molar refractivity (Wildman–Crippen MR) is 85.1 cm³/mol. The maximum atomic E-state index is 11.3. The molecule has 3 rings (SSSR count). The number of methoxy groups -OCH3 is 1. The van der Waals surface area contributed by atoms with Crippen molar-refractivity contribution in [1.29, 1.82) is 0 Å². The van der Waals surface area contributed by atoms with Crippen LogP contribution in [0.1, 0.15) is 28.6 Å². The molecule has 2 aromatic rings. The molecule has 120 valence electrons. The van der Waals surface area contributed by atoms with Crippen molar-refractivity contribution in [3.05, 3.63) is 53.7 Å². The van der Waals surface area contributed by atoms with Gasteiger partial charge < -0.3 is 14.8 Å². The van der Waals surface area contributed by atoms with Gasteiger partial charge in [0.15, 0.2) is 5.69 Å². The summed E-state index contributed by atoms with van der Waals surface area (Å²) in [4.78, 5) is 11.3. The number of esters is 1. The smallest absolute Gasteiger partial charge is 0.358 e. The molecule has 1 aromatic carbocycles. The molecule has 0 bridgehead atoms. The summed E-state index contributed by atoms with van der Waals surface area (Å²) >= 11 is 0. The van der Waals surface area contributed by atoms with Crippen molar-refractivity contribution in [2.24, 2.45) is 5.92 Å². The van der Waals surface area contributed by atoms with Crippen molar-refractivity contribution >= 4 is 11.8 Å². The number of hydrogen-bond acceptors (Lipinski definition) is 6. The van der Waals surface area contributed by atoms with Crippen LogP contribution in [-0.4, -0.2) is 36.4 Å². The Labute approximate surface area is 134 Å². The average molecular weight is 313 g/mol. The highest BCUT2D eigenvalue weighted by atomic mass is 16.5. The lowest BCUT2D eigenvalue weighted by Gasteiger charge is -2.19. The van der Waals surface area contributed by atoms with Crippen molar-refractivity contribution < 1.29 is 14.3 Å². The molecule has 2 atom stereocenters. The summed E-state index contributed by atoms with van der Waals surface area (Å²) in [6.45, 7) is 1.50. The minimum atomic E-state index is -0.489. The summed E-state index contributed by atoms with van der Waals surface area (Å²) in [7, 11) is 1.32. The molecule has 1 aromatic heterocycles. The first-order valence-electron chi connectivity index (χ1n) is 7.60. The molecule has 1 N–H and O–H groups in total. The summed E-state index contributed by atoms with van der Waals surface area (Å²) in [6, 6.07) is 13.6. The highest BCUT2D eigenvalue weighted by Gasteiger charge is 2.29. The zero-order valence-corrected chi connectivity index (χ0v) is 12.9. The molecule has 0 saturated carbocycles. The van der Waals surface area contributed by atoms with Crippen LogP contribution in [0.3, 0.4) is 0 Å². The van der Waals surface area contributed by atoms with Gasteiger partial charge in [-0.25, -0.2) is 4.79 Å². The van der Waals surface area contributed by atoms with E-state index in [1.165, 1.54) is 12.7 Å². The molecular formula is C17H19N3O3. The fourth-order valence-electron chi connectivity index (χ4n) is 2.73. The quantitative estimate of drug-likeness (QED) is 0.855. The van der Waals surface area contributed by atoms with Crippen LogP contribution in [0.15, 0.2) is 42.5 Å². The van der Waals surface area contributed by atoms with Crippen molar-refractivity contribution in [2.75, 3.05) is 25.6 Å². The van der Waals surface area contributed by atoms with Gasteiger partial charge in [-0.3, -0.25) is 0 Å². The minimum Gasteiger partial charge on any atom is -0.464 e. The number of carbonyl (C=O) groups is 1. The first-order chi connectivity index (χ1) is 11.3. The summed E-state index contributed by atoms with van der Waals surface area (Å²) in [6.07, 6.45) is 1.10. The first-order valence-corrected chi connectivity index (χ1v) is 7.60. The van der Waals surface area contributed by atoms with Crippen molar-refractivity contribution in [1.82, 2.24) is 10.2 Å². The lowest BCUT2D eigenvalue weighted by Crippen LogP contribution is -2.19. The van der Waals surface area contributed by atoms with Crippen LogP contribution < -0.4 is 5.32 Å². The topological polar surface area (TPSA) is 73.3 Å². The van der Waals surface area contributed by atoms with Crippen LogP contribution in [0.4, 0.5) is 5.82 Å². The van der Waals surface area contributed by atoms with E-state index >= 15 is 0 Å². The number of nitrogens with one attached hydrogen (secondary N) is 1. The van der Waals surface area contributed by atoms with Crippen molar-refractivity contribution in [3.63, 3.8) is 0 Å². The number of ether oxygens (including phenoxy) is 2. The molecule has 1 fully saturated rings. The Morgan fingerprint density at radius 2 is 2.09 bits per heavy atom. The molecule has 0 radical (unpaired) electrons. The largest absolute Gasteiger partial charge is 0.464 e. The fourth-order valence-corrected chi connectivity index (χ4v) is 2.73. The predicted octanol–water partition coefficient (Wildman–Crippen LogP) is 2.45. The molecular weight excluding hydrogens is 294 g/mol. The van der Waals surface area contributed by atoms with E-state index in [9.17, 15) is 4.79 Å². The number of nitrogens with zero attached hydrogens (tertiary/aromatic N) is 2. The summed E-state index contributed by atoms with van der Waals surface area (Å²) in [5.74, 6) is 0.522. The van der Waals surface area contributed by atoms with Gasteiger partial charge in [0.25, 0.3) is 0 Å². The molecule has 2 unspecified atom stereocenters. The Kier molecular flexibility index (Phi) is 4.83. The highest BCUT2D eigenvalue weighted by Crippen LogP contribution is 2.34. The Balaban J connectivity index is 1.60. The standard InChI is InChI=1S/C17H19N3O3/c1-22-17(21)14-7-8-15(20-19-14)18-11-13-9-10-23-16(13)12-5-3-2-4-6-12/h2-8,13,16H,9-11H2,1H3,(H,18,20). The van der Waals surface area contributed by atoms with E-state index < -0.39 is 5.97 Å². The molecule has 0 aliphatic carbocycles. The van der Waals surface area contributed by atoms with Gasteiger partial charge in [-0.2, -0.15) is 0 Å². The van der Waals surface area contributed by atoms with Gasteiger partial charge in [0, 0.05) is 19.1 Å². The molecule has 6 nitrogen and oxygen atoms in total. The minimum absolute atomic E-state index is 0.103. The fraction of sp³-hybridized carbons (Fsp3) is 0.353. The SMILES string of the molecule is COC(=O)c1ccc(NCC2CCOC2c2ccccc2)nn1. The van der Waals surface area contributed by atoms with Gasteiger partial charge >= 0.3 is 5.97 Å². The second-order valence-corrected chi connectivity index (χ2v) is 5.43. The summed E-state index contributed by atoms with van der Waals surface area (Å²) < 4.78 is 10.5. The van der Waals surface area contributed by atoms with Crippen LogP contribution in [0.5, 0.6) is 0 Å². The van der Waals surface area contributed by atoms with Gasteiger partial charge in [-0.15, -0.1) is 10.2 Å². The van der Waals surface area contributed by atoms with Gasteiger partial charge in [0.2, 0.25) is 0 Å². The van der Waals surface area contributed by atoms with Crippen LogP contribution in [0.2, 0.25) is 0 Å². The lowest BCUT2D eigenvalue weighted by molar-refractivity contribution is 0.0593. The summed E-state index contributed by atoms with van der Waals surface area (Å²) in [5.41, 5.74) is 1.40. The number of rotatable bonds is 5. The van der Waals surface area contributed by atoms with Crippen LogP contribution in [0, 0.1) is 5.92 Å². The van der Waals surface area contributed by atoms with Crippen molar-refractivity contribution in [2.45, 2.75) is 12.5 Å². The molecule has 23 heavy (non-hydrogen) atoms. The van der Waals surface area contributed by atoms with Crippen LogP contribution in [0.25, 0.3) is 0 Å². The third kappa shape index (κ3) is 3.65. The van der Waals surface area contributed by atoms with Crippen LogP contribution >= 0.6 is 0 Å². The number of aromatic nitrogens is 2. The third-order valence-electron chi connectivity index (χ3n) is 3.95. The first kappa shape index (κ1) is 15.4. The Bertz CT molecular complexity index is 646. The van der Waals surface area contributed by atoms with E-state index in [1.807, 2.05) is 18.2 Å². The molecule has 0 amide bonds. The number of hydrogen-bond donors (Lipinski definition) is 1. The number of benzene rings is 1. The van der Waals surface area contributed by atoms with Crippen LogP contribution in [-0.2, 0) is 9.47 Å². The number of anilines is 1.